The number of ether oxygens (including phenoxy) is 1. The third-order valence-corrected chi connectivity index (χ3v) is 3.29. The zero-order valence-electron chi connectivity index (χ0n) is 11.9. The van der Waals surface area contributed by atoms with E-state index in [1.165, 1.54) is 0 Å². The van der Waals surface area contributed by atoms with E-state index in [9.17, 15) is 5.11 Å². The molecule has 1 N–H and O–H groups in total. The molecule has 0 aromatic carbocycles. The van der Waals surface area contributed by atoms with Gasteiger partial charge in [0, 0.05) is 13.1 Å². The van der Waals surface area contributed by atoms with Crippen LogP contribution >= 0.6 is 0 Å². The van der Waals surface area contributed by atoms with Gasteiger partial charge >= 0.3 is 0 Å². The zero-order chi connectivity index (χ0) is 13.5. The van der Waals surface area contributed by atoms with E-state index in [1.807, 2.05) is 6.92 Å². The lowest BCUT2D eigenvalue weighted by atomic mass is 10.1. The van der Waals surface area contributed by atoms with E-state index in [4.69, 9.17) is 4.74 Å². The van der Waals surface area contributed by atoms with Gasteiger partial charge in [0.15, 0.2) is 5.75 Å². The molecule has 0 bridgehead atoms. The van der Waals surface area contributed by atoms with Crippen molar-refractivity contribution in [3.05, 3.63) is 11.9 Å². The van der Waals surface area contributed by atoms with Crippen LogP contribution in [-0.4, -0.2) is 46.5 Å². The quantitative estimate of drug-likeness (QED) is 0.768. The number of hydrogen-bond acceptors (Lipinski definition) is 4. The van der Waals surface area contributed by atoms with Crippen molar-refractivity contribution < 1.29 is 9.84 Å². The molecule has 0 spiro atoms. The van der Waals surface area contributed by atoms with Crippen molar-refractivity contribution >= 4 is 0 Å². The molecular formula is C13H25N3O2. The summed E-state index contributed by atoms with van der Waals surface area (Å²) in [5.74, 6) is 0.670. The predicted molar refractivity (Wildman–Crippen MR) is 71.8 cm³/mol. The van der Waals surface area contributed by atoms with Crippen molar-refractivity contribution in [1.82, 2.24) is 14.7 Å². The maximum Gasteiger partial charge on any atom is 0.162 e. The van der Waals surface area contributed by atoms with Gasteiger partial charge in [0.05, 0.1) is 13.3 Å². The van der Waals surface area contributed by atoms with Crippen molar-refractivity contribution in [1.29, 1.82) is 0 Å². The molecule has 0 aliphatic carbocycles. The maximum absolute atomic E-state index is 10.3. The van der Waals surface area contributed by atoms with Crippen LogP contribution in [0.2, 0.25) is 0 Å². The lowest BCUT2D eigenvalue weighted by molar-refractivity contribution is 0.133. The SMILES string of the molecule is CCN(CC)CCC(O)c1c(OC)cnn1CC. The van der Waals surface area contributed by atoms with E-state index in [2.05, 4.69) is 23.8 Å². The van der Waals surface area contributed by atoms with Crippen LogP contribution in [0.5, 0.6) is 5.75 Å². The van der Waals surface area contributed by atoms with Gasteiger partial charge in [0.25, 0.3) is 0 Å². The first kappa shape index (κ1) is 15.0. The topological polar surface area (TPSA) is 50.5 Å². The van der Waals surface area contributed by atoms with Crippen molar-refractivity contribution in [2.75, 3.05) is 26.7 Å². The Labute approximate surface area is 109 Å². The second kappa shape index (κ2) is 7.38. The Kier molecular flexibility index (Phi) is 6.15. The van der Waals surface area contributed by atoms with Gasteiger partial charge in [-0.25, -0.2) is 0 Å². The first-order chi connectivity index (χ1) is 8.67. The number of aliphatic hydroxyl groups is 1. The number of aliphatic hydroxyl groups excluding tert-OH is 1. The molecular weight excluding hydrogens is 230 g/mol. The van der Waals surface area contributed by atoms with Crippen LogP contribution < -0.4 is 4.74 Å². The summed E-state index contributed by atoms with van der Waals surface area (Å²) >= 11 is 0. The smallest absolute Gasteiger partial charge is 0.162 e. The van der Waals surface area contributed by atoms with Gasteiger partial charge in [0.1, 0.15) is 11.8 Å². The van der Waals surface area contributed by atoms with Crippen LogP contribution in [0, 0.1) is 0 Å². The van der Waals surface area contributed by atoms with Gasteiger partial charge in [0.2, 0.25) is 0 Å². The molecule has 18 heavy (non-hydrogen) atoms. The van der Waals surface area contributed by atoms with E-state index < -0.39 is 6.10 Å². The second-order valence-electron chi connectivity index (χ2n) is 4.25. The normalized spacial score (nSPS) is 13.0. The molecule has 0 saturated carbocycles. The third kappa shape index (κ3) is 3.46. The van der Waals surface area contributed by atoms with E-state index >= 15 is 0 Å². The lowest BCUT2D eigenvalue weighted by Gasteiger charge is -2.20. The van der Waals surface area contributed by atoms with E-state index in [0.29, 0.717) is 12.2 Å². The first-order valence-corrected chi connectivity index (χ1v) is 6.67. The summed E-state index contributed by atoms with van der Waals surface area (Å²) in [6.07, 6.45) is 1.84. The monoisotopic (exact) mass is 255 g/mol. The minimum Gasteiger partial charge on any atom is -0.493 e. The van der Waals surface area contributed by atoms with Gasteiger partial charge in [-0.3, -0.25) is 4.68 Å². The van der Waals surface area contributed by atoms with Gasteiger partial charge in [-0.15, -0.1) is 0 Å². The summed E-state index contributed by atoms with van der Waals surface area (Å²) in [7, 11) is 1.61. The number of rotatable bonds is 8. The Hall–Kier alpha value is -1.07. The molecule has 1 atom stereocenters. The zero-order valence-corrected chi connectivity index (χ0v) is 11.9. The molecule has 5 heteroatoms. The summed E-state index contributed by atoms with van der Waals surface area (Å²) in [5.41, 5.74) is 0.784. The molecule has 1 aromatic heterocycles. The van der Waals surface area contributed by atoms with Crippen LogP contribution in [0.1, 0.15) is 39.0 Å². The average molecular weight is 255 g/mol. The summed E-state index contributed by atoms with van der Waals surface area (Å²) in [4.78, 5) is 2.29. The third-order valence-electron chi connectivity index (χ3n) is 3.29. The van der Waals surface area contributed by atoms with Crippen LogP contribution in [0.25, 0.3) is 0 Å². The van der Waals surface area contributed by atoms with Crippen LogP contribution in [-0.2, 0) is 6.54 Å². The van der Waals surface area contributed by atoms with E-state index in [0.717, 1.165) is 31.9 Å². The molecule has 0 aliphatic rings. The van der Waals surface area contributed by atoms with Gasteiger partial charge < -0.3 is 14.7 Å². The highest BCUT2D eigenvalue weighted by Gasteiger charge is 2.19. The fraction of sp³-hybridized carbons (Fsp3) is 0.769. The summed E-state index contributed by atoms with van der Waals surface area (Å²) in [5, 5.41) is 14.5. The van der Waals surface area contributed by atoms with Gasteiger partial charge in [-0.05, 0) is 26.4 Å². The molecule has 1 aromatic rings. The Bertz CT molecular complexity index is 327. The average Bonchev–Trinajstić information content (AvgIpc) is 2.82. The lowest BCUT2D eigenvalue weighted by Crippen LogP contribution is -2.25. The highest BCUT2D eigenvalue weighted by atomic mass is 16.5. The van der Waals surface area contributed by atoms with E-state index in [1.54, 1.807) is 18.0 Å². The summed E-state index contributed by atoms with van der Waals surface area (Å²) in [6.45, 7) is 9.90. The molecule has 0 aliphatic heterocycles. The Morgan fingerprint density at radius 1 is 1.39 bits per heavy atom. The fourth-order valence-corrected chi connectivity index (χ4v) is 2.10. The standard InChI is InChI=1S/C13H25N3O2/c1-5-15(6-2)9-8-11(17)13-12(18-4)10-14-16(13)7-3/h10-11,17H,5-9H2,1-4H3. The van der Waals surface area contributed by atoms with Crippen molar-refractivity contribution in [3.63, 3.8) is 0 Å². The maximum atomic E-state index is 10.3. The Balaban J connectivity index is 2.70. The minimum atomic E-state index is -0.525. The highest BCUT2D eigenvalue weighted by molar-refractivity contribution is 5.27. The second-order valence-corrected chi connectivity index (χ2v) is 4.25. The fourth-order valence-electron chi connectivity index (χ4n) is 2.10. The summed E-state index contributed by atoms with van der Waals surface area (Å²) in [6, 6.07) is 0. The molecule has 1 heterocycles. The molecule has 5 nitrogen and oxygen atoms in total. The van der Waals surface area contributed by atoms with Crippen molar-refractivity contribution in [2.24, 2.45) is 0 Å². The van der Waals surface area contributed by atoms with Gasteiger partial charge in [-0.2, -0.15) is 5.10 Å². The molecule has 0 fully saturated rings. The van der Waals surface area contributed by atoms with Crippen LogP contribution in [0.3, 0.4) is 0 Å². The van der Waals surface area contributed by atoms with Crippen LogP contribution in [0.15, 0.2) is 6.20 Å². The minimum absolute atomic E-state index is 0.525. The summed E-state index contributed by atoms with van der Waals surface area (Å²) < 4.78 is 7.05. The first-order valence-electron chi connectivity index (χ1n) is 6.67. The number of aryl methyl sites for hydroxylation is 1. The van der Waals surface area contributed by atoms with Crippen molar-refractivity contribution in [2.45, 2.75) is 39.8 Å². The predicted octanol–water partition coefficient (Wildman–Crippen LogP) is 1.68. The van der Waals surface area contributed by atoms with Gasteiger partial charge in [-0.1, -0.05) is 13.8 Å². The largest absolute Gasteiger partial charge is 0.493 e. The molecule has 1 unspecified atom stereocenters. The van der Waals surface area contributed by atoms with E-state index in [-0.39, 0.29) is 0 Å². The highest BCUT2D eigenvalue weighted by Crippen LogP contribution is 2.27. The number of nitrogens with zero attached hydrogens (tertiary/aromatic N) is 3. The Morgan fingerprint density at radius 2 is 2.06 bits per heavy atom. The molecule has 0 saturated heterocycles. The molecule has 104 valence electrons. The number of hydrogen-bond donors (Lipinski definition) is 1. The Morgan fingerprint density at radius 3 is 2.56 bits per heavy atom. The van der Waals surface area contributed by atoms with Crippen molar-refractivity contribution in [3.8, 4) is 5.75 Å². The number of aromatic nitrogens is 2. The molecule has 1 rings (SSSR count). The molecule has 0 amide bonds. The molecule has 0 radical (unpaired) electrons. The van der Waals surface area contributed by atoms with Crippen LogP contribution in [0.4, 0.5) is 0 Å². The number of methoxy groups -OCH3 is 1.